The average Bonchev–Trinajstić information content (AvgIpc) is 2.78. The Morgan fingerprint density at radius 1 is 1.10 bits per heavy atom. The van der Waals surface area contributed by atoms with Gasteiger partial charge < -0.3 is 20.1 Å². The predicted octanol–water partition coefficient (Wildman–Crippen LogP) is 3.91. The van der Waals surface area contributed by atoms with Crippen LogP contribution in [-0.4, -0.2) is 46.4 Å². The van der Waals surface area contributed by atoms with Gasteiger partial charge in [0.2, 0.25) is 0 Å². The summed E-state index contributed by atoms with van der Waals surface area (Å²) in [7, 11) is 3.43. The largest absolute Gasteiger partial charge is 0.497 e. The minimum atomic E-state index is -0.169. The van der Waals surface area contributed by atoms with Crippen LogP contribution in [0.25, 0.3) is 0 Å². The summed E-state index contributed by atoms with van der Waals surface area (Å²) in [6, 6.07) is 15.2. The molecule has 0 radical (unpaired) electrons. The summed E-state index contributed by atoms with van der Waals surface area (Å²) in [5, 5.41) is 6.76. The molecular formula is C23H31FIN3O2. The Hall–Kier alpha value is -1.87. The van der Waals surface area contributed by atoms with Gasteiger partial charge in [0, 0.05) is 38.8 Å². The van der Waals surface area contributed by atoms with Gasteiger partial charge in [0.1, 0.15) is 11.6 Å². The normalized spacial score (nSPS) is 15.8. The first-order valence-electron chi connectivity index (χ1n) is 10.1. The van der Waals surface area contributed by atoms with Crippen molar-refractivity contribution in [2.45, 2.75) is 24.7 Å². The lowest BCUT2D eigenvalue weighted by atomic mass is 9.74. The quantitative estimate of drug-likeness (QED) is 0.326. The van der Waals surface area contributed by atoms with Crippen molar-refractivity contribution in [3.05, 3.63) is 65.5 Å². The van der Waals surface area contributed by atoms with Gasteiger partial charge in [0.15, 0.2) is 5.96 Å². The van der Waals surface area contributed by atoms with E-state index < -0.39 is 0 Å². The Bertz CT molecular complexity index is 808. The molecule has 0 aliphatic carbocycles. The number of nitrogens with one attached hydrogen (secondary N) is 2. The number of halogens is 2. The molecule has 164 valence electrons. The van der Waals surface area contributed by atoms with Crippen molar-refractivity contribution < 1.29 is 13.9 Å². The highest BCUT2D eigenvalue weighted by Gasteiger charge is 2.34. The first kappa shape index (κ1) is 24.4. The monoisotopic (exact) mass is 527 g/mol. The van der Waals surface area contributed by atoms with E-state index in [-0.39, 0.29) is 35.2 Å². The van der Waals surface area contributed by atoms with Crippen LogP contribution in [0.15, 0.2) is 53.5 Å². The third-order valence-corrected chi connectivity index (χ3v) is 5.61. The van der Waals surface area contributed by atoms with Crippen LogP contribution < -0.4 is 15.4 Å². The second kappa shape index (κ2) is 12.1. The number of methoxy groups -OCH3 is 1. The van der Waals surface area contributed by atoms with Crippen molar-refractivity contribution in [2.75, 3.05) is 40.5 Å². The van der Waals surface area contributed by atoms with E-state index in [0.29, 0.717) is 18.5 Å². The topological polar surface area (TPSA) is 54.9 Å². The molecule has 7 heteroatoms. The third-order valence-electron chi connectivity index (χ3n) is 5.61. The molecule has 2 N–H and O–H groups in total. The number of hydrogen-bond acceptors (Lipinski definition) is 3. The minimum Gasteiger partial charge on any atom is -0.497 e. The van der Waals surface area contributed by atoms with E-state index in [4.69, 9.17) is 9.47 Å². The van der Waals surface area contributed by atoms with Crippen molar-refractivity contribution >= 4 is 29.9 Å². The number of benzene rings is 2. The third kappa shape index (κ3) is 6.31. The van der Waals surface area contributed by atoms with Gasteiger partial charge in [0.05, 0.1) is 7.11 Å². The van der Waals surface area contributed by atoms with Crippen LogP contribution in [-0.2, 0) is 16.6 Å². The summed E-state index contributed by atoms with van der Waals surface area (Å²) in [5.41, 5.74) is 1.96. The molecule has 0 bridgehead atoms. The van der Waals surface area contributed by atoms with Gasteiger partial charge in [-0.05, 0) is 48.6 Å². The summed E-state index contributed by atoms with van der Waals surface area (Å²) in [6.45, 7) is 2.85. The second-order valence-corrected chi connectivity index (χ2v) is 7.32. The second-order valence-electron chi connectivity index (χ2n) is 7.32. The number of hydrogen-bond donors (Lipinski definition) is 2. The zero-order chi connectivity index (χ0) is 20.5. The lowest BCUT2D eigenvalue weighted by Gasteiger charge is -2.38. The van der Waals surface area contributed by atoms with Crippen LogP contribution in [0.2, 0.25) is 0 Å². The van der Waals surface area contributed by atoms with Crippen LogP contribution in [0.1, 0.15) is 24.0 Å². The highest BCUT2D eigenvalue weighted by molar-refractivity contribution is 14.0. The molecule has 1 fully saturated rings. The summed E-state index contributed by atoms with van der Waals surface area (Å²) in [4.78, 5) is 4.33. The van der Waals surface area contributed by atoms with Gasteiger partial charge in [-0.1, -0.05) is 30.3 Å². The van der Waals surface area contributed by atoms with E-state index in [0.717, 1.165) is 44.3 Å². The van der Waals surface area contributed by atoms with E-state index in [2.05, 4.69) is 27.8 Å². The molecule has 0 saturated carbocycles. The Balaban J connectivity index is 0.00000320. The predicted molar refractivity (Wildman–Crippen MR) is 130 cm³/mol. The van der Waals surface area contributed by atoms with E-state index in [1.54, 1.807) is 20.2 Å². The molecule has 30 heavy (non-hydrogen) atoms. The highest BCUT2D eigenvalue weighted by atomic mass is 127. The van der Waals surface area contributed by atoms with Gasteiger partial charge in [0.25, 0.3) is 0 Å². The van der Waals surface area contributed by atoms with Gasteiger partial charge in [-0.15, -0.1) is 24.0 Å². The molecule has 2 aromatic carbocycles. The Labute approximate surface area is 195 Å². The lowest BCUT2D eigenvalue weighted by Crippen LogP contribution is -2.48. The molecule has 1 aliphatic rings. The Morgan fingerprint density at radius 2 is 1.80 bits per heavy atom. The van der Waals surface area contributed by atoms with E-state index in [9.17, 15) is 4.39 Å². The molecule has 0 unspecified atom stereocenters. The van der Waals surface area contributed by atoms with Gasteiger partial charge in [-0.2, -0.15) is 0 Å². The van der Waals surface area contributed by atoms with Gasteiger partial charge >= 0.3 is 0 Å². The maximum atomic E-state index is 13.8. The molecule has 3 rings (SSSR count). The molecule has 1 heterocycles. The molecule has 0 atom stereocenters. The molecular weight excluding hydrogens is 496 g/mol. The first-order chi connectivity index (χ1) is 14.2. The number of rotatable bonds is 7. The minimum absolute atomic E-state index is 0. The van der Waals surface area contributed by atoms with E-state index in [1.165, 1.54) is 11.6 Å². The fourth-order valence-corrected chi connectivity index (χ4v) is 3.76. The summed E-state index contributed by atoms with van der Waals surface area (Å²) in [6.07, 6.45) is 2.49. The van der Waals surface area contributed by atoms with Crippen LogP contribution in [0.5, 0.6) is 5.75 Å². The van der Waals surface area contributed by atoms with Crippen molar-refractivity contribution in [1.82, 2.24) is 10.6 Å². The van der Waals surface area contributed by atoms with Crippen molar-refractivity contribution in [1.29, 1.82) is 0 Å². The average molecular weight is 527 g/mol. The molecule has 2 aromatic rings. The SMILES string of the molecule is CN=C(NCCc1ccccc1F)NCC1(c2ccc(OC)cc2)CCOCC1.I. The summed E-state index contributed by atoms with van der Waals surface area (Å²) < 4.78 is 24.7. The summed E-state index contributed by atoms with van der Waals surface area (Å²) >= 11 is 0. The molecule has 0 aromatic heterocycles. The van der Waals surface area contributed by atoms with Crippen molar-refractivity contribution in [3.8, 4) is 5.75 Å². The van der Waals surface area contributed by atoms with Crippen LogP contribution in [0.3, 0.4) is 0 Å². The molecule has 0 spiro atoms. The van der Waals surface area contributed by atoms with E-state index >= 15 is 0 Å². The van der Waals surface area contributed by atoms with Gasteiger partial charge in [-0.3, -0.25) is 4.99 Å². The number of nitrogens with zero attached hydrogens (tertiary/aromatic N) is 1. The van der Waals surface area contributed by atoms with Crippen LogP contribution in [0, 0.1) is 5.82 Å². The smallest absolute Gasteiger partial charge is 0.191 e. The van der Waals surface area contributed by atoms with Crippen molar-refractivity contribution in [3.63, 3.8) is 0 Å². The molecule has 5 nitrogen and oxygen atoms in total. The zero-order valence-electron chi connectivity index (χ0n) is 17.6. The van der Waals surface area contributed by atoms with Crippen LogP contribution in [0.4, 0.5) is 4.39 Å². The van der Waals surface area contributed by atoms with Crippen LogP contribution >= 0.6 is 24.0 Å². The number of guanidine groups is 1. The fourth-order valence-electron chi connectivity index (χ4n) is 3.76. The summed E-state index contributed by atoms with van der Waals surface area (Å²) in [5.74, 6) is 1.41. The van der Waals surface area contributed by atoms with Gasteiger partial charge in [-0.25, -0.2) is 4.39 Å². The maximum absolute atomic E-state index is 13.8. The lowest BCUT2D eigenvalue weighted by molar-refractivity contribution is 0.0513. The zero-order valence-corrected chi connectivity index (χ0v) is 19.9. The fraction of sp³-hybridized carbons (Fsp3) is 0.435. The number of ether oxygens (including phenoxy) is 2. The maximum Gasteiger partial charge on any atom is 0.191 e. The Morgan fingerprint density at radius 3 is 2.43 bits per heavy atom. The standard InChI is InChI=1S/C23H30FN3O2.HI/c1-25-22(26-14-11-18-5-3-4-6-21(18)24)27-17-23(12-15-29-16-13-23)19-7-9-20(28-2)10-8-19;/h3-10H,11-17H2,1-2H3,(H2,25,26,27);1H. The Kier molecular flexibility index (Phi) is 9.84. The molecule has 0 amide bonds. The molecule has 1 saturated heterocycles. The highest BCUT2D eigenvalue weighted by Crippen LogP contribution is 2.35. The number of aliphatic imine (C=N–C) groups is 1. The first-order valence-corrected chi connectivity index (χ1v) is 10.1. The van der Waals surface area contributed by atoms with Crippen molar-refractivity contribution in [2.24, 2.45) is 4.99 Å². The van der Waals surface area contributed by atoms with E-state index in [1.807, 2.05) is 24.3 Å². The molecule has 1 aliphatic heterocycles.